The lowest BCUT2D eigenvalue weighted by atomic mass is 9.78. The number of rotatable bonds is 9. The smallest absolute Gasteiger partial charge is 0.171 e. The van der Waals surface area contributed by atoms with Crippen LogP contribution in [0.1, 0.15) is 47.9 Å². The summed E-state index contributed by atoms with van der Waals surface area (Å²) in [5.74, 6) is 1.73. The van der Waals surface area contributed by atoms with Crippen LogP contribution in [0.5, 0.6) is 5.75 Å². The fourth-order valence-electron chi connectivity index (χ4n) is 6.20. The molecule has 1 N–H and O–H groups in total. The fraction of sp³-hybridized carbons (Fsp3) is 0.387. The maximum absolute atomic E-state index is 5.83. The van der Waals surface area contributed by atoms with E-state index in [1.807, 2.05) is 13.8 Å². The number of piperidine rings is 1. The molecule has 0 aliphatic carbocycles. The van der Waals surface area contributed by atoms with Gasteiger partial charge in [-0.15, -0.1) is 11.3 Å². The van der Waals surface area contributed by atoms with Crippen molar-refractivity contribution in [3.05, 3.63) is 94.5 Å². The number of nitrogens with zero attached hydrogens (tertiary/aromatic N) is 2. The van der Waals surface area contributed by atoms with Crippen molar-refractivity contribution < 1.29 is 9.78 Å². The Bertz CT molecular complexity index is 1300. The summed E-state index contributed by atoms with van der Waals surface area (Å²) in [7, 11) is 0. The standard InChI is InChI=1S/C31H35N3O2S/c1-20(2)35-36-27-17-28-26(33-21(3)37-28)16-25(27)18-32-30-24-14-15-34(19-24)31(30)29(22-10-6-4-7-11-22)23-12-8-5-9-13-23/h4-13,16-17,20,24,29-32H,14-15,18-19H2,1-3H3. The molecule has 2 saturated heterocycles. The van der Waals surface area contributed by atoms with Crippen molar-refractivity contribution in [3.8, 4) is 5.75 Å². The normalized spacial score (nSPS) is 22.9. The Kier molecular flexibility index (Phi) is 7.00. The average Bonchev–Trinajstić information content (AvgIpc) is 3.61. The molecule has 0 radical (unpaired) electrons. The molecule has 6 rings (SSSR count). The topological polar surface area (TPSA) is 46.6 Å². The molecule has 4 unspecified atom stereocenters. The van der Waals surface area contributed by atoms with Gasteiger partial charge >= 0.3 is 0 Å². The predicted molar refractivity (Wildman–Crippen MR) is 150 cm³/mol. The first-order chi connectivity index (χ1) is 18.1. The highest BCUT2D eigenvalue weighted by molar-refractivity contribution is 7.18. The molecule has 5 nitrogen and oxygen atoms in total. The first kappa shape index (κ1) is 24.6. The molecule has 3 heterocycles. The number of hydrogen-bond donors (Lipinski definition) is 1. The van der Waals surface area contributed by atoms with Crippen LogP contribution >= 0.6 is 11.3 Å². The summed E-state index contributed by atoms with van der Waals surface area (Å²) in [5.41, 5.74) is 4.88. The Morgan fingerprint density at radius 2 is 1.73 bits per heavy atom. The number of thiazole rings is 1. The Morgan fingerprint density at radius 1 is 1.03 bits per heavy atom. The molecule has 2 bridgehead atoms. The van der Waals surface area contributed by atoms with Crippen LogP contribution in [-0.2, 0) is 11.4 Å². The second kappa shape index (κ2) is 10.5. The molecule has 3 aromatic carbocycles. The minimum atomic E-state index is -0.0139. The molecular weight excluding hydrogens is 478 g/mol. The van der Waals surface area contributed by atoms with Crippen molar-refractivity contribution in [1.29, 1.82) is 0 Å². The third-order valence-electron chi connectivity index (χ3n) is 7.75. The summed E-state index contributed by atoms with van der Waals surface area (Å²) >= 11 is 1.69. The monoisotopic (exact) mass is 513 g/mol. The predicted octanol–water partition coefficient (Wildman–Crippen LogP) is 6.32. The van der Waals surface area contributed by atoms with Gasteiger partial charge in [0.05, 0.1) is 21.3 Å². The molecule has 4 aromatic rings. The zero-order valence-corrected chi connectivity index (χ0v) is 22.6. The van der Waals surface area contributed by atoms with E-state index >= 15 is 0 Å². The van der Waals surface area contributed by atoms with Crippen LogP contribution in [0, 0.1) is 12.8 Å². The van der Waals surface area contributed by atoms with Crippen molar-refractivity contribution in [1.82, 2.24) is 15.2 Å². The number of benzene rings is 3. The van der Waals surface area contributed by atoms with Gasteiger partial charge in [-0.2, -0.15) is 4.89 Å². The van der Waals surface area contributed by atoms with E-state index in [-0.39, 0.29) is 6.10 Å². The Morgan fingerprint density at radius 3 is 2.41 bits per heavy atom. The lowest BCUT2D eigenvalue weighted by molar-refractivity contribution is -0.235. The molecular formula is C31H35N3O2S. The van der Waals surface area contributed by atoms with Crippen LogP contribution in [0.15, 0.2) is 72.8 Å². The molecule has 0 spiro atoms. The summed E-state index contributed by atoms with van der Waals surface area (Å²) in [6, 6.07) is 27.1. The number of aromatic nitrogens is 1. The Balaban J connectivity index is 1.31. The van der Waals surface area contributed by atoms with E-state index in [2.05, 4.69) is 89.9 Å². The number of hydrogen-bond acceptors (Lipinski definition) is 6. The van der Waals surface area contributed by atoms with E-state index in [0.717, 1.165) is 33.1 Å². The van der Waals surface area contributed by atoms with E-state index in [4.69, 9.17) is 14.8 Å². The molecule has 192 valence electrons. The van der Waals surface area contributed by atoms with Gasteiger partial charge in [-0.1, -0.05) is 60.7 Å². The third kappa shape index (κ3) is 5.04. The van der Waals surface area contributed by atoms with Gasteiger partial charge in [-0.25, -0.2) is 4.98 Å². The quantitative estimate of drug-likeness (QED) is 0.210. The van der Waals surface area contributed by atoms with Gasteiger partial charge in [0, 0.05) is 42.7 Å². The fourth-order valence-corrected chi connectivity index (χ4v) is 7.04. The van der Waals surface area contributed by atoms with Crippen LogP contribution in [0.25, 0.3) is 10.2 Å². The highest BCUT2D eigenvalue weighted by atomic mass is 32.1. The average molecular weight is 514 g/mol. The molecule has 0 saturated carbocycles. The third-order valence-corrected chi connectivity index (χ3v) is 8.68. The second-order valence-corrected chi connectivity index (χ2v) is 11.9. The molecule has 37 heavy (non-hydrogen) atoms. The van der Waals surface area contributed by atoms with Crippen LogP contribution in [-0.4, -0.2) is 41.2 Å². The number of nitrogens with one attached hydrogen (secondary N) is 1. The summed E-state index contributed by atoms with van der Waals surface area (Å²) in [4.78, 5) is 18.8. The zero-order chi connectivity index (χ0) is 25.4. The minimum absolute atomic E-state index is 0.0139. The van der Waals surface area contributed by atoms with Gasteiger partial charge in [0.1, 0.15) is 0 Å². The van der Waals surface area contributed by atoms with Crippen molar-refractivity contribution >= 4 is 21.6 Å². The molecule has 2 aliphatic heterocycles. The van der Waals surface area contributed by atoms with Gasteiger partial charge in [0.25, 0.3) is 0 Å². The van der Waals surface area contributed by atoms with E-state index in [0.29, 0.717) is 30.5 Å². The summed E-state index contributed by atoms with van der Waals surface area (Å²) in [5, 5.41) is 5.06. The number of aryl methyl sites for hydroxylation is 1. The van der Waals surface area contributed by atoms with Gasteiger partial charge in [0.2, 0.25) is 0 Å². The molecule has 1 aromatic heterocycles. The van der Waals surface area contributed by atoms with Crippen LogP contribution < -0.4 is 10.2 Å². The van der Waals surface area contributed by atoms with E-state index in [1.165, 1.54) is 24.1 Å². The van der Waals surface area contributed by atoms with E-state index < -0.39 is 0 Å². The van der Waals surface area contributed by atoms with Crippen LogP contribution in [0.3, 0.4) is 0 Å². The van der Waals surface area contributed by atoms with E-state index in [9.17, 15) is 0 Å². The van der Waals surface area contributed by atoms with Gasteiger partial charge in [0.15, 0.2) is 5.75 Å². The van der Waals surface area contributed by atoms with Crippen LogP contribution in [0.2, 0.25) is 0 Å². The van der Waals surface area contributed by atoms with Gasteiger partial charge in [-0.3, -0.25) is 4.90 Å². The SMILES string of the molecule is Cc1nc2cc(CNC3C4CCN(C4)C3C(c3ccccc3)c3ccccc3)c(OOC(C)C)cc2s1. The van der Waals surface area contributed by atoms with Gasteiger partial charge in [-0.05, 0) is 56.8 Å². The van der Waals surface area contributed by atoms with Crippen molar-refractivity contribution in [2.45, 2.75) is 57.8 Å². The molecule has 4 atom stereocenters. The van der Waals surface area contributed by atoms with Crippen molar-refractivity contribution in [2.75, 3.05) is 13.1 Å². The Hall–Kier alpha value is -2.77. The largest absolute Gasteiger partial charge is 0.337 e. The first-order valence-electron chi connectivity index (χ1n) is 13.4. The molecule has 6 heteroatoms. The maximum Gasteiger partial charge on any atom is 0.171 e. The summed E-state index contributed by atoms with van der Waals surface area (Å²) in [6.07, 6.45) is 1.23. The van der Waals surface area contributed by atoms with Crippen molar-refractivity contribution in [2.24, 2.45) is 5.92 Å². The highest BCUT2D eigenvalue weighted by Gasteiger charge is 2.49. The zero-order valence-electron chi connectivity index (χ0n) is 21.8. The van der Waals surface area contributed by atoms with Crippen molar-refractivity contribution in [3.63, 3.8) is 0 Å². The second-order valence-electron chi connectivity index (χ2n) is 10.6. The Labute approximate surface area is 223 Å². The van der Waals surface area contributed by atoms with Crippen LogP contribution in [0.4, 0.5) is 0 Å². The minimum Gasteiger partial charge on any atom is -0.337 e. The molecule has 2 aliphatic rings. The summed E-state index contributed by atoms with van der Waals surface area (Å²) < 4.78 is 1.13. The highest BCUT2D eigenvalue weighted by Crippen LogP contribution is 2.43. The lowest BCUT2D eigenvalue weighted by Gasteiger charge is -2.39. The summed E-state index contributed by atoms with van der Waals surface area (Å²) in [6.45, 7) is 9.05. The molecule has 0 amide bonds. The van der Waals surface area contributed by atoms with E-state index in [1.54, 1.807) is 11.3 Å². The number of fused-ring (bicyclic) bond motifs is 3. The lowest BCUT2D eigenvalue weighted by Crippen LogP contribution is -2.50. The molecule has 2 fully saturated rings. The first-order valence-corrected chi connectivity index (χ1v) is 14.2. The van der Waals surface area contributed by atoms with Gasteiger partial charge < -0.3 is 10.2 Å². The maximum atomic E-state index is 5.83.